The van der Waals surface area contributed by atoms with Gasteiger partial charge in [0.25, 0.3) is 0 Å². The van der Waals surface area contributed by atoms with Crippen molar-refractivity contribution in [2.45, 2.75) is 13.3 Å². The highest BCUT2D eigenvalue weighted by atomic mass is 19.1. The summed E-state index contributed by atoms with van der Waals surface area (Å²) in [4.78, 5) is 16.1. The zero-order chi connectivity index (χ0) is 13.4. The Labute approximate surface area is 113 Å². The predicted octanol–water partition coefficient (Wildman–Crippen LogP) is 2.13. The van der Waals surface area contributed by atoms with Crippen LogP contribution in [-0.4, -0.2) is 37.0 Å². The fourth-order valence-corrected chi connectivity index (χ4v) is 2.78. The Morgan fingerprint density at radius 1 is 1.21 bits per heavy atom. The van der Waals surface area contributed by atoms with Crippen LogP contribution in [0.5, 0.6) is 0 Å². The van der Waals surface area contributed by atoms with Gasteiger partial charge in [0.05, 0.1) is 5.69 Å². The van der Waals surface area contributed by atoms with E-state index in [1.54, 1.807) is 12.1 Å². The summed E-state index contributed by atoms with van der Waals surface area (Å²) in [5.74, 6) is 0.913. The number of amides is 1. The van der Waals surface area contributed by atoms with Gasteiger partial charge in [-0.1, -0.05) is 19.1 Å². The largest absolute Gasteiger partial charge is 0.366 e. The summed E-state index contributed by atoms with van der Waals surface area (Å²) >= 11 is 0. The molecule has 0 bridgehead atoms. The number of nitrogens with zero attached hydrogens (tertiary/aromatic N) is 2. The van der Waals surface area contributed by atoms with Crippen molar-refractivity contribution < 1.29 is 9.18 Å². The van der Waals surface area contributed by atoms with Crippen LogP contribution in [0.25, 0.3) is 0 Å². The van der Waals surface area contributed by atoms with Gasteiger partial charge in [-0.3, -0.25) is 4.79 Å². The van der Waals surface area contributed by atoms with Gasteiger partial charge >= 0.3 is 0 Å². The minimum Gasteiger partial charge on any atom is -0.366 e. The number of carbonyl (C=O) groups is 1. The molecule has 1 amide bonds. The van der Waals surface area contributed by atoms with Gasteiger partial charge in [0.15, 0.2) is 0 Å². The molecule has 2 atom stereocenters. The number of piperazine rings is 1. The molecule has 1 heterocycles. The molecule has 1 aliphatic carbocycles. The Kier molecular flexibility index (Phi) is 3.17. The zero-order valence-electron chi connectivity index (χ0n) is 11.2. The van der Waals surface area contributed by atoms with Crippen molar-refractivity contribution in [3.63, 3.8) is 0 Å². The first-order chi connectivity index (χ1) is 9.16. The van der Waals surface area contributed by atoms with E-state index in [-0.39, 0.29) is 11.7 Å². The lowest BCUT2D eigenvalue weighted by Crippen LogP contribution is -2.49. The molecule has 0 radical (unpaired) electrons. The lowest BCUT2D eigenvalue weighted by molar-refractivity contribution is -0.133. The minimum atomic E-state index is -0.182. The van der Waals surface area contributed by atoms with Gasteiger partial charge in [-0.2, -0.15) is 0 Å². The Bertz CT molecular complexity index is 483. The van der Waals surface area contributed by atoms with Crippen molar-refractivity contribution in [2.75, 3.05) is 31.1 Å². The van der Waals surface area contributed by atoms with Gasteiger partial charge in [-0.25, -0.2) is 4.39 Å². The Morgan fingerprint density at radius 2 is 1.84 bits per heavy atom. The van der Waals surface area contributed by atoms with Crippen molar-refractivity contribution in [3.05, 3.63) is 30.1 Å². The van der Waals surface area contributed by atoms with Crippen LogP contribution < -0.4 is 4.90 Å². The maximum absolute atomic E-state index is 13.7. The molecule has 0 N–H and O–H groups in total. The van der Waals surface area contributed by atoms with Gasteiger partial charge in [-0.05, 0) is 24.5 Å². The highest BCUT2D eigenvalue weighted by Gasteiger charge is 2.41. The SMILES string of the molecule is CC1CC1C(=O)N1CCN(c2ccccc2F)CC1. The molecule has 102 valence electrons. The molecule has 19 heavy (non-hydrogen) atoms. The summed E-state index contributed by atoms with van der Waals surface area (Å²) in [6, 6.07) is 6.84. The van der Waals surface area contributed by atoms with Crippen LogP contribution in [-0.2, 0) is 4.79 Å². The molecule has 3 rings (SSSR count). The first kappa shape index (κ1) is 12.5. The number of rotatable bonds is 2. The Balaban J connectivity index is 1.60. The van der Waals surface area contributed by atoms with Crippen molar-refractivity contribution in [2.24, 2.45) is 11.8 Å². The summed E-state index contributed by atoms with van der Waals surface area (Å²) in [5, 5.41) is 0. The molecule has 1 aromatic carbocycles. The molecule has 2 unspecified atom stereocenters. The van der Waals surface area contributed by atoms with Crippen LogP contribution in [0.15, 0.2) is 24.3 Å². The minimum absolute atomic E-state index is 0.182. The van der Waals surface area contributed by atoms with Crippen molar-refractivity contribution in [1.29, 1.82) is 0 Å². The third-order valence-electron chi connectivity index (χ3n) is 4.21. The summed E-state index contributed by atoms with van der Waals surface area (Å²) in [7, 11) is 0. The number of halogens is 1. The molecule has 3 nitrogen and oxygen atoms in total. The van der Waals surface area contributed by atoms with Crippen LogP contribution in [0.2, 0.25) is 0 Å². The molecule has 1 saturated heterocycles. The Morgan fingerprint density at radius 3 is 2.42 bits per heavy atom. The fourth-order valence-electron chi connectivity index (χ4n) is 2.78. The lowest BCUT2D eigenvalue weighted by atomic mass is 10.2. The van der Waals surface area contributed by atoms with E-state index >= 15 is 0 Å². The van der Waals surface area contributed by atoms with Gasteiger partial charge in [0.2, 0.25) is 5.91 Å². The summed E-state index contributed by atoms with van der Waals surface area (Å²) in [6.45, 7) is 4.96. The second-order valence-corrected chi connectivity index (χ2v) is 5.58. The number of hydrogen-bond donors (Lipinski definition) is 0. The first-order valence-electron chi connectivity index (χ1n) is 6.95. The molecule has 2 fully saturated rings. The van der Waals surface area contributed by atoms with Crippen molar-refractivity contribution in [1.82, 2.24) is 4.90 Å². The maximum atomic E-state index is 13.7. The van der Waals surface area contributed by atoms with Gasteiger partial charge in [0, 0.05) is 32.1 Å². The third kappa shape index (κ3) is 2.44. The third-order valence-corrected chi connectivity index (χ3v) is 4.21. The second-order valence-electron chi connectivity index (χ2n) is 5.58. The predicted molar refractivity (Wildman–Crippen MR) is 72.5 cm³/mol. The Hall–Kier alpha value is -1.58. The van der Waals surface area contributed by atoms with E-state index in [0.29, 0.717) is 43.7 Å². The van der Waals surface area contributed by atoms with Crippen LogP contribution >= 0.6 is 0 Å². The van der Waals surface area contributed by atoms with Crippen LogP contribution in [0.3, 0.4) is 0 Å². The fraction of sp³-hybridized carbons (Fsp3) is 0.533. The molecule has 1 aromatic rings. The number of para-hydroxylation sites is 1. The second kappa shape index (κ2) is 4.83. The monoisotopic (exact) mass is 262 g/mol. The van der Waals surface area contributed by atoms with E-state index in [2.05, 4.69) is 6.92 Å². The smallest absolute Gasteiger partial charge is 0.226 e. The number of anilines is 1. The number of carbonyl (C=O) groups excluding carboxylic acids is 1. The normalized spacial score (nSPS) is 26.4. The molecular weight excluding hydrogens is 243 g/mol. The standard InChI is InChI=1S/C15H19FN2O/c1-11-10-12(11)15(19)18-8-6-17(7-9-18)14-5-3-2-4-13(14)16/h2-5,11-12H,6-10H2,1H3. The maximum Gasteiger partial charge on any atom is 0.226 e. The highest BCUT2D eigenvalue weighted by molar-refractivity contribution is 5.81. The van der Waals surface area contributed by atoms with E-state index in [0.717, 1.165) is 6.42 Å². The lowest BCUT2D eigenvalue weighted by Gasteiger charge is -2.36. The van der Waals surface area contributed by atoms with E-state index in [1.807, 2.05) is 15.9 Å². The quantitative estimate of drug-likeness (QED) is 0.815. The van der Waals surface area contributed by atoms with E-state index in [4.69, 9.17) is 0 Å². The van der Waals surface area contributed by atoms with E-state index < -0.39 is 0 Å². The van der Waals surface area contributed by atoms with Gasteiger partial charge in [-0.15, -0.1) is 0 Å². The van der Waals surface area contributed by atoms with Gasteiger partial charge < -0.3 is 9.80 Å². The van der Waals surface area contributed by atoms with E-state index in [1.165, 1.54) is 6.07 Å². The first-order valence-corrected chi connectivity index (χ1v) is 6.95. The zero-order valence-corrected chi connectivity index (χ0v) is 11.2. The molecule has 0 aromatic heterocycles. The van der Waals surface area contributed by atoms with Crippen molar-refractivity contribution >= 4 is 11.6 Å². The number of hydrogen-bond acceptors (Lipinski definition) is 2. The number of benzene rings is 1. The highest BCUT2D eigenvalue weighted by Crippen LogP contribution is 2.39. The summed E-state index contributed by atoms with van der Waals surface area (Å²) in [6.07, 6.45) is 1.03. The average Bonchev–Trinajstić information content (AvgIpc) is 3.16. The van der Waals surface area contributed by atoms with E-state index in [9.17, 15) is 9.18 Å². The molecule has 0 spiro atoms. The van der Waals surface area contributed by atoms with Crippen molar-refractivity contribution in [3.8, 4) is 0 Å². The van der Waals surface area contributed by atoms with Crippen LogP contribution in [0.1, 0.15) is 13.3 Å². The molecule has 4 heteroatoms. The van der Waals surface area contributed by atoms with Crippen LogP contribution in [0, 0.1) is 17.7 Å². The van der Waals surface area contributed by atoms with Crippen LogP contribution in [0.4, 0.5) is 10.1 Å². The summed E-state index contributed by atoms with van der Waals surface area (Å²) in [5.41, 5.74) is 0.648. The van der Waals surface area contributed by atoms with Gasteiger partial charge in [0.1, 0.15) is 5.82 Å². The molecule has 2 aliphatic rings. The summed E-state index contributed by atoms with van der Waals surface area (Å²) < 4.78 is 13.7. The molecular formula is C15H19FN2O. The molecule has 1 saturated carbocycles. The molecule has 1 aliphatic heterocycles. The topological polar surface area (TPSA) is 23.6 Å². The average molecular weight is 262 g/mol.